The molecule has 0 aliphatic heterocycles. The van der Waals surface area contributed by atoms with E-state index in [0.29, 0.717) is 0 Å². The first-order chi connectivity index (χ1) is 10.2. The maximum Gasteiger partial charge on any atom is -0.00680 e. The summed E-state index contributed by atoms with van der Waals surface area (Å²) in [5.41, 5.74) is 3.16. The van der Waals surface area contributed by atoms with E-state index in [4.69, 9.17) is 0 Å². The molecule has 0 fully saturated rings. The van der Waals surface area contributed by atoms with Gasteiger partial charge in [0, 0.05) is 0 Å². The van der Waals surface area contributed by atoms with Crippen molar-refractivity contribution >= 4 is 21.5 Å². The van der Waals surface area contributed by atoms with Crippen LogP contribution < -0.4 is 0 Å². The van der Waals surface area contributed by atoms with Gasteiger partial charge in [0.2, 0.25) is 0 Å². The smallest absolute Gasteiger partial charge is 0.00680 e. The van der Waals surface area contributed by atoms with Crippen LogP contribution in [0.4, 0.5) is 0 Å². The van der Waals surface area contributed by atoms with Crippen LogP contribution >= 0.6 is 0 Å². The van der Waals surface area contributed by atoms with Crippen molar-refractivity contribution in [1.82, 2.24) is 0 Å². The molecule has 114 valence electrons. The van der Waals surface area contributed by atoms with Crippen LogP contribution in [0.3, 0.4) is 0 Å². The molecule has 0 nitrogen and oxygen atoms in total. The molecule has 0 heterocycles. The predicted molar refractivity (Wildman–Crippen MR) is 98.9 cm³/mol. The van der Waals surface area contributed by atoms with Crippen molar-refractivity contribution in [2.75, 3.05) is 0 Å². The summed E-state index contributed by atoms with van der Waals surface area (Å²) in [5.74, 6) is 0. The Labute approximate surface area is 134 Å². The molecule has 0 bridgehead atoms. The minimum absolute atomic E-state index is 0.149. The van der Waals surface area contributed by atoms with Crippen molar-refractivity contribution < 1.29 is 0 Å². The molecule has 0 saturated heterocycles. The van der Waals surface area contributed by atoms with Gasteiger partial charge in [0.15, 0.2) is 0 Å². The van der Waals surface area contributed by atoms with E-state index in [2.05, 4.69) is 90.1 Å². The molecule has 0 aliphatic rings. The third kappa shape index (κ3) is 2.52. The van der Waals surface area contributed by atoms with E-state index in [1.807, 2.05) is 0 Å². The van der Waals surface area contributed by atoms with Gasteiger partial charge in [-0.1, -0.05) is 90.1 Å². The van der Waals surface area contributed by atoms with Crippen molar-refractivity contribution in [3.8, 4) is 0 Å². The van der Waals surface area contributed by atoms with Gasteiger partial charge in [-0.3, -0.25) is 0 Å². The zero-order valence-electron chi connectivity index (χ0n) is 14.6. The molecule has 22 heavy (non-hydrogen) atoms. The Kier molecular flexibility index (Phi) is 3.32. The molecular weight excluding hydrogens is 264 g/mol. The lowest BCUT2D eigenvalue weighted by Gasteiger charge is -2.23. The van der Waals surface area contributed by atoms with Gasteiger partial charge in [-0.25, -0.2) is 0 Å². The predicted octanol–water partition coefficient (Wildman–Crippen LogP) is 6.59. The monoisotopic (exact) mass is 290 g/mol. The second-order valence-electron chi connectivity index (χ2n) is 8.41. The first-order valence-electron chi connectivity index (χ1n) is 8.14. The molecule has 0 aromatic heterocycles. The lowest BCUT2D eigenvalue weighted by atomic mass is 9.81. The van der Waals surface area contributed by atoms with Crippen molar-refractivity contribution in [3.05, 3.63) is 59.7 Å². The Morgan fingerprint density at radius 3 is 1.95 bits per heavy atom. The van der Waals surface area contributed by atoms with Crippen LogP contribution in [-0.4, -0.2) is 0 Å². The van der Waals surface area contributed by atoms with Gasteiger partial charge >= 0.3 is 0 Å². The third-order valence-electron chi connectivity index (χ3n) is 4.53. The Hall–Kier alpha value is -1.82. The Morgan fingerprint density at radius 2 is 1.32 bits per heavy atom. The summed E-state index contributed by atoms with van der Waals surface area (Å²) in [4.78, 5) is 0. The van der Waals surface area contributed by atoms with Crippen LogP contribution in [0.5, 0.6) is 0 Å². The second kappa shape index (κ2) is 4.84. The molecule has 0 saturated carbocycles. The van der Waals surface area contributed by atoms with Gasteiger partial charge in [0.1, 0.15) is 0 Å². The van der Waals surface area contributed by atoms with E-state index >= 15 is 0 Å². The van der Waals surface area contributed by atoms with Crippen LogP contribution in [0.1, 0.15) is 52.7 Å². The molecule has 0 spiro atoms. The van der Waals surface area contributed by atoms with E-state index < -0.39 is 0 Å². The van der Waals surface area contributed by atoms with Crippen molar-refractivity contribution in [2.24, 2.45) is 0 Å². The normalized spacial score (nSPS) is 13.0. The first-order valence-corrected chi connectivity index (χ1v) is 8.14. The first kappa shape index (κ1) is 15.1. The van der Waals surface area contributed by atoms with Gasteiger partial charge in [0.25, 0.3) is 0 Å². The zero-order valence-corrected chi connectivity index (χ0v) is 14.6. The summed E-state index contributed by atoms with van der Waals surface area (Å²) in [6.07, 6.45) is 0. The fourth-order valence-corrected chi connectivity index (χ4v) is 3.21. The SMILES string of the molecule is CC(C)(C)c1ccc2c(ccc3cccc(C(C)(C)C)c32)c1. The average Bonchev–Trinajstić information content (AvgIpc) is 2.43. The molecule has 0 unspecified atom stereocenters. The number of benzene rings is 3. The van der Waals surface area contributed by atoms with Crippen LogP contribution in [0, 0.1) is 0 Å². The van der Waals surface area contributed by atoms with Crippen molar-refractivity contribution in [3.63, 3.8) is 0 Å². The van der Waals surface area contributed by atoms with Crippen molar-refractivity contribution in [2.45, 2.75) is 52.4 Å². The molecule has 0 radical (unpaired) electrons. The minimum Gasteiger partial charge on any atom is -0.0613 e. The molecule has 0 amide bonds. The fraction of sp³-hybridized carbons (Fsp3) is 0.364. The zero-order chi connectivity index (χ0) is 16.1. The van der Waals surface area contributed by atoms with Crippen LogP contribution in [-0.2, 0) is 10.8 Å². The average molecular weight is 290 g/mol. The highest BCUT2D eigenvalue weighted by molar-refractivity contribution is 6.09. The molecule has 0 N–H and O–H groups in total. The van der Waals surface area contributed by atoms with E-state index in [1.165, 1.54) is 32.7 Å². The molecular formula is C22H26. The third-order valence-corrected chi connectivity index (χ3v) is 4.53. The fourth-order valence-electron chi connectivity index (χ4n) is 3.21. The highest BCUT2D eigenvalue weighted by Gasteiger charge is 2.19. The van der Waals surface area contributed by atoms with Crippen LogP contribution in [0.15, 0.2) is 48.5 Å². The molecule has 0 atom stereocenters. The van der Waals surface area contributed by atoms with Gasteiger partial charge in [-0.15, -0.1) is 0 Å². The Bertz CT molecular complexity index is 839. The lowest BCUT2D eigenvalue weighted by molar-refractivity contribution is 0.591. The van der Waals surface area contributed by atoms with Gasteiger partial charge in [-0.2, -0.15) is 0 Å². The summed E-state index contributed by atoms with van der Waals surface area (Å²) in [5, 5.41) is 5.46. The molecule has 3 rings (SSSR count). The Morgan fingerprint density at radius 1 is 0.636 bits per heavy atom. The summed E-state index contributed by atoms with van der Waals surface area (Å²) >= 11 is 0. The number of hydrogen-bond donors (Lipinski definition) is 0. The molecule has 3 aromatic rings. The number of rotatable bonds is 0. The maximum absolute atomic E-state index is 2.36. The summed E-state index contributed by atoms with van der Waals surface area (Å²) in [7, 11) is 0. The lowest BCUT2D eigenvalue weighted by Crippen LogP contribution is -2.12. The topological polar surface area (TPSA) is 0 Å². The van der Waals surface area contributed by atoms with E-state index in [1.54, 1.807) is 0 Å². The largest absolute Gasteiger partial charge is 0.0613 e. The second-order valence-corrected chi connectivity index (χ2v) is 8.41. The summed E-state index contributed by atoms with van der Waals surface area (Å²) in [6.45, 7) is 13.7. The summed E-state index contributed by atoms with van der Waals surface area (Å²) in [6, 6.07) is 18.2. The molecule has 0 aliphatic carbocycles. The van der Waals surface area contributed by atoms with Crippen LogP contribution in [0.2, 0.25) is 0 Å². The highest BCUT2D eigenvalue weighted by atomic mass is 14.2. The Balaban J connectivity index is 2.40. The number of fused-ring (bicyclic) bond motifs is 3. The van der Waals surface area contributed by atoms with Gasteiger partial charge < -0.3 is 0 Å². The van der Waals surface area contributed by atoms with E-state index in [0.717, 1.165) is 0 Å². The maximum atomic E-state index is 2.36. The van der Waals surface area contributed by atoms with Gasteiger partial charge in [-0.05, 0) is 43.5 Å². The quantitative estimate of drug-likeness (QED) is 0.410. The van der Waals surface area contributed by atoms with Crippen LogP contribution in [0.25, 0.3) is 21.5 Å². The highest BCUT2D eigenvalue weighted by Crippen LogP contribution is 2.36. The molecule has 3 aromatic carbocycles. The van der Waals surface area contributed by atoms with E-state index in [9.17, 15) is 0 Å². The minimum atomic E-state index is 0.149. The number of hydrogen-bond acceptors (Lipinski definition) is 0. The van der Waals surface area contributed by atoms with Crippen molar-refractivity contribution in [1.29, 1.82) is 0 Å². The van der Waals surface area contributed by atoms with E-state index in [-0.39, 0.29) is 10.8 Å². The standard InChI is InChI=1S/C22H26/c1-21(2,3)17-12-13-18-16(14-17)11-10-15-8-7-9-19(20(15)18)22(4,5)6/h7-14H,1-6H3. The summed E-state index contributed by atoms with van der Waals surface area (Å²) < 4.78 is 0. The molecule has 0 heteroatoms. The van der Waals surface area contributed by atoms with Gasteiger partial charge in [0.05, 0.1) is 0 Å².